The number of aliphatic hydroxyl groups excluding tert-OH is 10. The molecule has 0 radical (unpaired) electrons. The van der Waals surface area contributed by atoms with Crippen molar-refractivity contribution in [2.75, 3.05) is 13.2 Å². The van der Waals surface area contributed by atoms with Crippen LogP contribution in [0.4, 0.5) is 0 Å². The van der Waals surface area contributed by atoms with Gasteiger partial charge in [0.05, 0.1) is 30.9 Å². The minimum absolute atomic E-state index is 0.0492. The van der Waals surface area contributed by atoms with Crippen LogP contribution in [0.1, 0.15) is 24.2 Å². The normalized spacial score (nSPS) is 40.6. The van der Waals surface area contributed by atoms with Gasteiger partial charge in [0.15, 0.2) is 12.0 Å². The summed E-state index contributed by atoms with van der Waals surface area (Å²) in [4.78, 5) is 0. The van der Waals surface area contributed by atoms with Gasteiger partial charge in [0.25, 0.3) is 11.9 Å². The average molecular weight is 744 g/mol. The molecule has 3 saturated heterocycles. The smallest absolute Gasteiger partial charge is 0.270 e. The van der Waals surface area contributed by atoms with Gasteiger partial charge >= 0.3 is 0 Å². The van der Waals surface area contributed by atoms with Crippen molar-refractivity contribution in [3.8, 4) is 23.0 Å². The van der Waals surface area contributed by atoms with Crippen molar-refractivity contribution >= 4 is 6.08 Å². The van der Waals surface area contributed by atoms with Crippen LogP contribution in [0.3, 0.4) is 0 Å². The van der Waals surface area contributed by atoms with E-state index in [-0.39, 0.29) is 34.3 Å². The largest absolute Gasteiger partial charge is 0.571 e. The summed E-state index contributed by atoms with van der Waals surface area (Å²) in [5.41, 5.74) is 0.572. The molecular formula is C33H43O19+. The molecule has 4 aliphatic rings. The van der Waals surface area contributed by atoms with Crippen molar-refractivity contribution in [1.29, 1.82) is 0 Å². The minimum atomic E-state index is -1.85. The summed E-state index contributed by atoms with van der Waals surface area (Å²) in [5, 5.41) is 124. The van der Waals surface area contributed by atoms with Crippen LogP contribution in [0.2, 0.25) is 0 Å². The van der Waals surface area contributed by atoms with E-state index in [1.54, 1.807) is 0 Å². The van der Waals surface area contributed by atoms with Gasteiger partial charge in [-0.1, -0.05) is 0 Å². The second kappa shape index (κ2) is 15.5. The highest BCUT2D eigenvalue weighted by Gasteiger charge is 2.49. The lowest BCUT2D eigenvalue weighted by Gasteiger charge is -2.42. The van der Waals surface area contributed by atoms with Crippen molar-refractivity contribution < 1.29 is 94.4 Å². The molecule has 4 heterocycles. The van der Waals surface area contributed by atoms with E-state index in [1.807, 2.05) is 0 Å². The second-order valence-corrected chi connectivity index (χ2v) is 13.0. The summed E-state index contributed by atoms with van der Waals surface area (Å²) in [5.74, 6) is -0.475. The highest BCUT2D eigenvalue weighted by Crippen LogP contribution is 2.46. The van der Waals surface area contributed by atoms with Gasteiger partial charge in [-0.3, -0.25) is 0 Å². The Morgan fingerprint density at radius 3 is 1.87 bits per heavy atom. The third-order valence-electron chi connectivity index (χ3n) is 9.38. The summed E-state index contributed by atoms with van der Waals surface area (Å²) in [7, 11) is 0. The number of phenols is 2. The molecule has 19 nitrogen and oxygen atoms in total. The lowest BCUT2D eigenvalue weighted by Crippen LogP contribution is -2.61. The molecule has 6 rings (SSSR count). The van der Waals surface area contributed by atoms with Crippen LogP contribution in [-0.4, -0.2) is 171 Å². The average Bonchev–Trinajstić information content (AvgIpc) is 3.12. The first kappa shape index (κ1) is 38.3. The number of aliphatic hydroxyl groups is 11. The van der Waals surface area contributed by atoms with Crippen LogP contribution in [-0.2, 0) is 23.7 Å². The summed E-state index contributed by atoms with van der Waals surface area (Å²) >= 11 is 0. The summed E-state index contributed by atoms with van der Waals surface area (Å²) in [6.07, 6.45) is -23.4. The van der Waals surface area contributed by atoms with Gasteiger partial charge in [0, 0.05) is 12.1 Å². The molecule has 0 amide bonds. The number of hydrogen-bond acceptors (Lipinski definition) is 18. The molecule has 0 aromatic heterocycles. The quantitative estimate of drug-likeness (QED) is 0.110. The fraction of sp³-hybridized carbons (Fsp3) is 0.576. The molecule has 4 aliphatic heterocycles. The number of fused-ring (bicyclic) bond motifs is 1. The van der Waals surface area contributed by atoms with Crippen molar-refractivity contribution in [1.82, 2.24) is 0 Å². The van der Waals surface area contributed by atoms with Crippen LogP contribution in [0, 0.1) is 0 Å². The number of aromatic hydroxyl groups is 3. The topological polar surface area (TPSA) is 311 Å². The molecule has 2 aromatic rings. The molecule has 0 aliphatic carbocycles. The van der Waals surface area contributed by atoms with Gasteiger partial charge in [-0.05, 0) is 31.2 Å². The van der Waals surface area contributed by atoms with Gasteiger partial charge in [0.1, 0.15) is 90.0 Å². The minimum Gasteiger partial charge on any atom is -0.571 e. The first-order valence-corrected chi connectivity index (χ1v) is 16.4. The number of rotatable bonds is 9. The molecule has 3 fully saturated rings. The van der Waals surface area contributed by atoms with E-state index in [0.717, 1.165) is 6.07 Å². The molecule has 2 aromatic carbocycles. The van der Waals surface area contributed by atoms with E-state index >= 15 is 0 Å². The van der Waals surface area contributed by atoms with Crippen LogP contribution >= 0.6 is 0 Å². The predicted molar refractivity (Wildman–Crippen MR) is 169 cm³/mol. The third kappa shape index (κ3) is 7.52. The van der Waals surface area contributed by atoms with Crippen molar-refractivity contribution in [2.24, 2.45) is 0 Å². The zero-order valence-corrected chi connectivity index (χ0v) is 27.5. The van der Waals surface area contributed by atoms with Gasteiger partial charge < -0.3 is 94.4 Å². The maximum absolute atomic E-state index is 10.9. The fourth-order valence-electron chi connectivity index (χ4n) is 6.28. The zero-order valence-electron chi connectivity index (χ0n) is 27.5. The van der Waals surface area contributed by atoms with E-state index < -0.39 is 111 Å². The SMILES string of the molecule is C[C@@H]1O[C@@H](OC[C@H]2O[C@@H](OC3=Cc4c(O[C@@H]5O[C@@H](CO)[C@@H](O)[C@H](O)[C@@H]5O)cc(O)cc4[OH+]C3c3ccc(O)cc3)[C@H](O)[C@@H](O)[C@@H]2O)[C@@H](O)[C@@H](O)[C@H]1O. The first-order chi connectivity index (χ1) is 24.7. The molecule has 0 spiro atoms. The second-order valence-electron chi connectivity index (χ2n) is 13.0. The monoisotopic (exact) mass is 743 g/mol. The Morgan fingerprint density at radius 1 is 0.635 bits per heavy atom. The van der Waals surface area contributed by atoms with Crippen molar-refractivity contribution in [3.05, 3.63) is 53.3 Å². The maximum Gasteiger partial charge on any atom is 0.270 e. The van der Waals surface area contributed by atoms with Crippen LogP contribution in [0.5, 0.6) is 23.0 Å². The molecule has 0 bridgehead atoms. The van der Waals surface area contributed by atoms with Gasteiger partial charge in [-0.15, -0.1) is 0 Å². The van der Waals surface area contributed by atoms with Gasteiger partial charge in [0.2, 0.25) is 12.6 Å². The Balaban J connectivity index is 1.29. The Bertz CT molecular complexity index is 1550. The van der Waals surface area contributed by atoms with Crippen molar-refractivity contribution in [3.63, 3.8) is 0 Å². The van der Waals surface area contributed by atoms with E-state index in [0.29, 0.717) is 5.56 Å². The van der Waals surface area contributed by atoms with Crippen LogP contribution in [0.25, 0.3) is 6.08 Å². The molecule has 16 atom stereocenters. The molecule has 19 heteroatoms. The summed E-state index contributed by atoms with van der Waals surface area (Å²) in [6, 6.07) is 8.24. The maximum atomic E-state index is 10.9. The van der Waals surface area contributed by atoms with E-state index in [2.05, 4.69) is 4.74 Å². The van der Waals surface area contributed by atoms with Crippen LogP contribution < -0.4 is 4.74 Å². The van der Waals surface area contributed by atoms with Gasteiger partial charge in [-0.2, -0.15) is 0 Å². The van der Waals surface area contributed by atoms with Crippen molar-refractivity contribution in [2.45, 2.75) is 105 Å². The number of phenolic OH excluding ortho intramolecular Hbond substituents is 2. The molecule has 52 heavy (non-hydrogen) atoms. The highest BCUT2D eigenvalue weighted by molar-refractivity contribution is 5.69. The van der Waals surface area contributed by atoms with E-state index in [9.17, 15) is 61.3 Å². The van der Waals surface area contributed by atoms with E-state index in [4.69, 9.17) is 28.4 Å². The van der Waals surface area contributed by atoms with E-state index in [1.165, 1.54) is 43.3 Å². The predicted octanol–water partition coefficient (Wildman–Crippen LogP) is -3.72. The Hall–Kier alpha value is -3.38. The molecule has 0 saturated carbocycles. The number of hydrogen-bond donors (Lipinski definition) is 12. The lowest BCUT2D eigenvalue weighted by molar-refractivity contribution is -0.325. The molecule has 288 valence electrons. The van der Waals surface area contributed by atoms with Gasteiger partial charge in [-0.25, -0.2) is 0 Å². The first-order valence-electron chi connectivity index (χ1n) is 16.4. The third-order valence-corrected chi connectivity index (χ3v) is 9.38. The molecule has 1 unspecified atom stereocenters. The Morgan fingerprint density at radius 2 is 1.21 bits per heavy atom. The summed E-state index contributed by atoms with van der Waals surface area (Å²) < 4.78 is 38.9. The Kier molecular flexibility index (Phi) is 11.5. The molecule has 13 N–H and O–H groups in total. The fourth-order valence-corrected chi connectivity index (χ4v) is 6.28. The standard InChI is InChI=1S/C33H42O19/c1-11-21(37)24(40)27(43)31(47-11)46-10-20-23(39)26(42)29(45)33(52-20)50-18-8-15-16(48-30(18)12-2-4-13(35)5-3-12)6-14(36)7-17(15)49-32-28(44)25(41)22(38)19(9-34)51-32/h2-8,11,19-45H,9-10H2,1H3/p+1/t11-,19-,20+,21-,22+,23+,24-,25-,26-,27-,28-,29+,30?,31+,32+,33+/m0/s1. The zero-order chi connectivity index (χ0) is 37.6. The Labute approximate surface area is 295 Å². The lowest BCUT2D eigenvalue weighted by atomic mass is 9.98. The molecular weight excluding hydrogens is 700 g/mol. The number of ether oxygens (including phenoxy) is 7. The number of benzene rings is 2. The highest BCUT2D eigenvalue weighted by atomic mass is 16.7. The van der Waals surface area contributed by atoms with Crippen LogP contribution in [0.15, 0.2) is 42.2 Å². The summed E-state index contributed by atoms with van der Waals surface area (Å²) in [6.45, 7) is 0.171.